The Kier molecular flexibility index (Phi) is 11.6. The Labute approximate surface area is 226 Å². The highest BCUT2D eigenvalue weighted by molar-refractivity contribution is 7.89. The van der Waals surface area contributed by atoms with E-state index < -0.39 is 28.6 Å². The third-order valence-corrected chi connectivity index (χ3v) is 8.84. The van der Waals surface area contributed by atoms with Crippen molar-refractivity contribution in [2.75, 3.05) is 32.0 Å². The van der Waals surface area contributed by atoms with Gasteiger partial charge < -0.3 is 15.2 Å². The van der Waals surface area contributed by atoms with Gasteiger partial charge in [-0.2, -0.15) is 4.31 Å². The summed E-state index contributed by atoms with van der Waals surface area (Å²) in [7, 11) is -3.75. The number of carbonyl (C=O) groups is 2. The van der Waals surface area contributed by atoms with Gasteiger partial charge in [-0.15, -0.1) is 0 Å². The van der Waals surface area contributed by atoms with E-state index in [2.05, 4.69) is 24.4 Å². The fraction of sp³-hybridized carbons (Fsp3) is 0.517. The van der Waals surface area contributed by atoms with Crippen LogP contribution < -0.4 is 5.32 Å². The molecule has 3 rings (SSSR count). The van der Waals surface area contributed by atoms with E-state index in [9.17, 15) is 23.1 Å². The molecular formula is C29H40N2O6S. The lowest BCUT2D eigenvalue weighted by Crippen LogP contribution is -2.42. The van der Waals surface area contributed by atoms with Crippen molar-refractivity contribution in [1.29, 1.82) is 0 Å². The van der Waals surface area contributed by atoms with E-state index in [0.29, 0.717) is 6.42 Å². The summed E-state index contributed by atoms with van der Waals surface area (Å²) in [5.41, 5.74) is 4.45. The molecule has 1 aliphatic carbocycles. The summed E-state index contributed by atoms with van der Waals surface area (Å²) in [5.74, 6) is -1.41. The number of hydrogen-bond acceptors (Lipinski definition) is 5. The molecule has 0 atom stereocenters. The van der Waals surface area contributed by atoms with E-state index in [1.807, 2.05) is 36.4 Å². The number of ether oxygens (including phenoxy) is 1. The van der Waals surface area contributed by atoms with Gasteiger partial charge in [-0.25, -0.2) is 13.2 Å². The third-order valence-electron chi connectivity index (χ3n) is 6.94. The number of benzene rings is 2. The Balaban J connectivity index is 1.44. The molecule has 0 saturated heterocycles. The number of sulfonamides is 1. The zero-order chi connectivity index (χ0) is 27.4. The average Bonchev–Trinajstić information content (AvgIpc) is 3.22. The van der Waals surface area contributed by atoms with Crippen molar-refractivity contribution in [3.05, 3.63) is 59.7 Å². The molecule has 0 unspecified atom stereocenters. The van der Waals surface area contributed by atoms with E-state index in [0.717, 1.165) is 52.2 Å². The molecule has 0 bridgehead atoms. The predicted octanol–water partition coefficient (Wildman–Crippen LogP) is 5.38. The molecule has 1 aliphatic rings. The first-order chi connectivity index (χ1) is 18.3. The summed E-state index contributed by atoms with van der Waals surface area (Å²) in [6, 6.07) is 16.1. The van der Waals surface area contributed by atoms with Crippen LogP contribution in [0.25, 0.3) is 11.1 Å². The van der Waals surface area contributed by atoms with Gasteiger partial charge in [-0.05, 0) is 28.7 Å². The van der Waals surface area contributed by atoms with Crippen LogP contribution in [0.3, 0.4) is 0 Å². The second-order valence-corrected chi connectivity index (χ2v) is 11.9. The van der Waals surface area contributed by atoms with Gasteiger partial charge in [0.2, 0.25) is 10.0 Å². The minimum Gasteiger partial charge on any atom is -0.480 e. The molecule has 0 radical (unpaired) electrons. The summed E-state index contributed by atoms with van der Waals surface area (Å²) in [6.45, 7) is 1.51. The number of carbonyl (C=O) groups excluding carboxylic acids is 1. The zero-order valence-corrected chi connectivity index (χ0v) is 23.0. The molecule has 0 saturated carbocycles. The molecule has 208 valence electrons. The number of nitrogens with one attached hydrogen (secondary N) is 1. The van der Waals surface area contributed by atoms with Crippen LogP contribution in [0.5, 0.6) is 0 Å². The van der Waals surface area contributed by atoms with Crippen molar-refractivity contribution >= 4 is 22.1 Å². The van der Waals surface area contributed by atoms with Gasteiger partial charge in [-0.1, -0.05) is 100 Å². The molecular weight excluding hydrogens is 504 g/mol. The maximum atomic E-state index is 12.8. The number of alkyl carbamates (subject to hydrolysis) is 1. The zero-order valence-electron chi connectivity index (χ0n) is 22.2. The molecule has 8 nitrogen and oxygen atoms in total. The molecule has 0 aliphatic heterocycles. The second-order valence-electron chi connectivity index (χ2n) is 9.77. The lowest BCUT2D eigenvalue weighted by Gasteiger charge is -2.21. The highest BCUT2D eigenvalue weighted by Crippen LogP contribution is 2.44. The number of fused-ring (bicyclic) bond motifs is 3. The molecule has 2 aromatic rings. The highest BCUT2D eigenvalue weighted by Gasteiger charge is 2.29. The molecule has 1 amide bonds. The van der Waals surface area contributed by atoms with Crippen molar-refractivity contribution in [2.24, 2.45) is 0 Å². The van der Waals surface area contributed by atoms with Crippen molar-refractivity contribution in [3.63, 3.8) is 0 Å². The Morgan fingerprint density at radius 3 is 2.03 bits per heavy atom. The number of carboxylic acids is 1. The van der Waals surface area contributed by atoms with Crippen LogP contribution in [0.1, 0.15) is 75.3 Å². The Hall–Kier alpha value is -2.91. The molecule has 0 fully saturated rings. The van der Waals surface area contributed by atoms with Crippen molar-refractivity contribution < 1.29 is 27.9 Å². The maximum absolute atomic E-state index is 12.8. The van der Waals surface area contributed by atoms with Crippen LogP contribution >= 0.6 is 0 Å². The summed E-state index contributed by atoms with van der Waals surface area (Å²) < 4.78 is 31.9. The van der Waals surface area contributed by atoms with Crippen LogP contribution in [-0.2, 0) is 19.6 Å². The second kappa shape index (κ2) is 14.9. The smallest absolute Gasteiger partial charge is 0.407 e. The fourth-order valence-corrected chi connectivity index (χ4v) is 6.45. The third kappa shape index (κ3) is 8.56. The minimum atomic E-state index is -3.75. The predicted molar refractivity (Wildman–Crippen MR) is 149 cm³/mol. The van der Waals surface area contributed by atoms with Crippen molar-refractivity contribution in [3.8, 4) is 11.1 Å². The van der Waals surface area contributed by atoms with Gasteiger partial charge in [0.25, 0.3) is 0 Å². The molecule has 2 N–H and O–H groups in total. The summed E-state index contributed by atoms with van der Waals surface area (Å²) >= 11 is 0. The van der Waals surface area contributed by atoms with Crippen LogP contribution in [0, 0.1) is 0 Å². The van der Waals surface area contributed by atoms with Gasteiger partial charge in [-0.3, -0.25) is 4.79 Å². The van der Waals surface area contributed by atoms with Crippen LogP contribution in [0.15, 0.2) is 48.5 Å². The van der Waals surface area contributed by atoms with Gasteiger partial charge in [0.1, 0.15) is 13.2 Å². The van der Waals surface area contributed by atoms with E-state index in [-0.39, 0.29) is 31.4 Å². The van der Waals surface area contributed by atoms with Crippen molar-refractivity contribution in [1.82, 2.24) is 9.62 Å². The first-order valence-electron chi connectivity index (χ1n) is 13.6. The van der Waals surface area contributed by atoms with E-state index >= 15 is 0 Å². The molecule has 0 aromatic heterocycles. The van der Waals surface area contributed by atoms with Gasteiger partial charge in [0, 0.05) is 19.0 Å². The number of nitrogens with zero attached hydrogens (tertiary/aromatic N) is 1. The number of rotatable bonds is 17. The summed E-state index contributed by atoms with van der Waals surface area (Å²) in [5, 5.41) is 11.8. The Morgan fingerprint density at radius 2 is 1.45 bits per heavy atom. The lowest BCUT2D eigenvalue weighted by atomic mass is 9.98. The number of carboxylic acid groups (broad SMARTS) is 1. The normalized spacial score (nSPS) is 12.8. The van der Waals surface area contributed by atoms with Gasteiger partial charge in [0.05, 0.1) is 5.75 Å². The average molecular weight is 545 g/mol. The molecule has 0 spiro atoms. The Bertz CT molecular complexity index is 1120. The van der Waals surface area contributed by atoms with Crippen LogP contribution in [0.2, 0.25) is 0 Å². The number of amides is 1. The highest BCUT2D eigenvalue weighted by atomic mass is 32.2. The summed E-state index contributed by atoms with van der Waals surface area (Å²) in [6.07, 6.45) is 7.46. The SMILES string of the molecule is CCCCCCCCCCS(=O)(=O)N(CCNC(=O)OCC1c2ccccc2-c2ccccc21)CC(=O)O. The Morgan fingerprint density at radius 1 is 0.895 bits per heavy atom. The maximum Gasteiger partial charge on any atom is 0.407 e. The molecule has 0 heterocycles. The first kappa shape index (κ1) is 29.6. The monoisotopic (exact) mass is 544 g/mol. The van der Waals surface area contributed by atoms with E-state index in [1.165, 1.54) is 19.3 Å². The molecule has 38 heavy (non-hydrogen) atoms. The van der Waals surface area contributed by atoms with Gasteiger partial charge >= 0.3 is 12.1 Å². The lowest BCUT2D eigenvalue weighted by molar-refractivity contribution is -0.137. The fourth-order valence-electron chi connectivity index (χ4n) is 4.95. The number of unbranched alkanes of at least 4 members (excludes halogenated alkanes) is 7. The standard InChI is InChI=1S/C29H40N2O6S/c1-2-3-4-5-6-7-8-13-20-38(35,36)31(21-28(32)33)19-18-30-29(34)37-22-27-25-16-11-9-14-23(25)24-15-10-12-17-26(24)27/h9-12,14-17,27H,2-8,13,18-22H2,1H3,(H,30,34)(H,32,33). The largest absolute Gasteiger partial charge is 0.480 e. The quantitative estimate of drug-likeness (QED) is 0.259. The minimum absolute atomic E-state index is 0.0411. The van der Waals surface area contributed by atoms with Gasteiger partial charge in [0.15, 0.2) is 0 Å². The van der Waals surface area contributed by atoms with Crippen LogP contribution in [0.4, 0.5) is 4.79 Å². The van der Waals surface area contributed by atoms with Crippen molar-refractivity contribution in [2.45, 2.75) is 64.2 Å². The van der Waals surface area contributed by atoms with E-state index in [1.54, 1.807) is 0 Å². The number of hydrogen-bond donors (Lipinski definition) is 2. The van der Waals surface area contributed by atoms with E-state index in [4.69, 9.17) is 4.74 Å². The molecule has 9 heteroatoms. The first-order valence-corrected chi connectivity index (χ1v) is 15.2. The van der Waals surface area contributed by atoms with Crippen LogP contribution in [-0.4, -0.2) is 61.9 Å². The summed E-state index contributed by atoms with van der Waals surface area (Å²) in [4.78, 5) is 23.7. The topological polar surface area (TPSA) is 113 Å². The number of aliphatic carboxylic acids is 1. The molecule has 2 aromatic carbocycles.